The zero-order valence-corrected chi connectivity index (χ0v) is 15.3. The first-order valence-corrected chi connectivity index (χ1v) is 9.36. The normalized spacial score (nSPS) is 31.3. The third-order valence-corrected chi connectivity index (χ3v) is 5.91. The molecule has 7 nitrogen and oxygen atoms in total. The smallest absolute Gasteiger partial charge is 0.230 e. The van der Waals surface area contributed by atoms with Gasteiger partial charge in [-0.15, -0.1) is 0 Å². The fourth-order valence-electron chi connectivity index (χ4n) is 4.63. The Balaban J connectivity index is 1.34. The van der Waals surface area contributed by atoms with Gasteiger partial charge in [0.25, 0.3) is 0 Å². The minimum atomic E-state index is -0.642. The number of hydrogen-bond acceptors (Lipinski definition) is 4. The number of fused-ring (bicyclic) bond motifs is 2. The molecule has 27 heavy (non-hydrogen) atoms. The highest BCUT2D eigenvalue weighted by Gasteiger charge is 2.66. The standard InChI is InChI=1S/C20H22N4O3/c1-12(2)24-11-20-7-6-14(27-20)16(17(20)19(24)26)18(25)21-9-13-10-23-8-4-3-5-15(23)22-13/h3-8,10,12,14,16-17H,9,11H2,1-2H3,(H,21,25)/t14-,16-,17+,20-/m1/s1. The molecule has 140 valence electrons. The molecule has 4 atom stereocenters. The molecule has 3 aliphatic rings. The molecule has 1 N–H and O–H groups in total. The van der Waals surface area contributed by atoms with Crippen molar-refractivity contribution in [1.82, 2.24) is 19.6 Å². The number of aromatic nitrogens is 2. The van der Waals surface area contributed by atoms with E-state index in [9.17, 15) is 9.59 Å². The van der Waals surface area contributed by atoms with Crippen LogP contribution in [0.2, 0.25) is 0 Å². The van der Waals surface area contributed by atoms with Crippen molar-refractivity contribution in [2.75, 3.05) is 6.54 Å². The SMILES string of the molecule is CC(C)N1C[C@@]23C=C[C@@H](O2)[C@@H](C(=O)NCc2cn4ccccc4n2)[C@H]3C1=O. The lowest BCUT2D eigenvalue weighted by atomic mass is 9.77. The number of pyridine rings is 1. The maximum absolute atomic E-state index is 13.0. The van der Waals surface area contributed by atoms with Gasteiger partial charge in [-0.1, -0.05) is 18.2 Å². The van der Waals surface area contributed by atoms with Crippen LogP contribution in [0.1, 0.15) is 19.5 Å². The number of carbonyl (C=O) groups excluding carboxylic acids is 2. The maximum Gasteiger partial charge on any atom is 0.230 e. The molecule has 2 saturated heterocycles. The third-order valence-electron chi connectivity index (χ3n) is 5.91. The Morgan fingerprint density at radius 3 is 3.07 bits per heavy atom. The number of nitrogens with zero attached hydrogens (tertiary/aromatic N) is 3. The first kappa shape index (κ1) is 16.5. The fourth-order valence-corrected chi connectivity index (χ4v) is 4.63. The Morgan fingerprint density at radius 2 is 2.30 bits per heavy atom. The number of carbonyl (C=O) groups is 2. The number of likely N-dealkylation sites (tertiary alicyclic amines) is 1. The topological polar surface area (TPSA) is 75.9 Å². The van der Waals surface area contributed by atoms with Gasteiger partial charge < -0.3 is 19.4 Å². The summed E-state index contributed by atoms with van der Waals surface area (Å²) in [5, 5.41) is 2.96. The molecule has 2 aromatic heterocycles. The van der Waals surface area contributed by atoms with Crippen molar-refractivity contribution in [3.05, 3.63) is 48.4 Å². The molecule has 3 aliphatic heterocycles. The summed E-state index contributed by atoms with van der Waals surface area (Å²) >= 11 is 0. The average Bonchev–Trinajstić information content (AvgIpc) is 3.38. The van der Waals surface area contributed by atoms with Crippen LogP contribution in [0.15, 0.2) is 42.7 Å². The van der Waals surface area contributed by atoms with Crippen molar-refractivity contribution >= 4 is 17.5 Å². The number of amides is 2. The summed E-state index contributed by atoms with van der Waals surface area (Å²) < 4.78 is 8.03. The number of hydrogen-bond donors (Lipinski definition) is 1. The van der Waals surface area contributed by atoms with Crippen molar-refractivity contribution in [3.63, 3.8) is 0 Å². The van der Waals surface area contributed by atoms with Crippen LogP contribution >= 0.6 is 0 Å². The van der Waals surface area contributed by atoms with Crippen molar-refractivity contribution < 1.29 is 14.3 Å². The van der Waals surface area contributed by atoms with E-state index in [1.807, 2.05) is 65.9 Å². The minimum absolute atomic E-state index is 0.0183. The Bertz CT molecular complexity index is 932. The molecule has 1 spiro atoms. The van der Waals surface area contributed by atoms with E-state index in [2.05, 4.69) is 10.3 Å². The Morgan fingerprint density at radius 1 is 1.44 bits per heavy atom. The van der Waals surface area contributed by atoms with Gasteiger partial charge in [0.2, 0.25) is 11.8 Å². The Hall–Kier alpha value is -2.67. The van der Waals surface area contributed by atoms with Crippen molar-refractivity contribution in [2.45, 2.75) is 38.1 Å². The lowest BCUT2D eigenvalue weighted by Crippen LogP contribution is -2.44. The third kappa shape index (κ3) is 2.34. The molecule has 0 unspecified atom stereocenters. The summed E-state index contributed by atoms with van der Waals surface area (Å²) in [4.78, 5) is 32.2. The number of rotatable bonds is 4. The van der Waals surface area contributed by atoms with Crippen LogP contribution in [0, 0.1) is 11.8 Å². The van der Waals surface area contributed by atoms with Crippen LogP contribution in [-0.2, 0) is 20.9 Å². The van der Waals surface area contributed by atoms with Crippen molar-refractivity contribution in [2.24, 2.45) is 11.8 Å². The summed E-state index contributed by atoms with van der Waals surface area (Å²) in [6, 6.07) is 5.87. The first-order chi connectivity index (χ1) is 13.0. The molecule has 2 bridgehead atoms. The number of imidazole rings is 1. The van der Waals surface area contributed by atoms with Crippen molar-refractivity contribution in [3.8, 4) is 0 Å². The molecule has 2 fully saturated rings. The zero-order valence-electron chi connectivity index (χ0n) is 15.3. The monoisotopic (exact) mass is 366 g/mol. The summed E-state index contributed by atoms with van der Waals surface area (Å²) in [6.45, 7) is 4.83. The molecule has 0 aromatic carbocycles. The summed E-state index contributed by atoms with van der Waals surface area (Å²) in [7, 11) is 0. The van der Waals surface area contributed by atoms with Gasteiger partial charge in [-0.05, 0) is 26.0 Å². The second-order valence-corrected chi connectivity index (χ2v) is 7.88. The highest BCUT2D eigenvalue weighted by atomic mass is 16.5. The maximum atomic E-state index is 13.0. The predicted octanol–water partition coefficient (Wildman–Crippen LogP) is 1.14. The molecule has 5 rings (SSSR count). The van der Waals surface area contributed by atoms with E-state index in [4.69, 9.17) is 4.74 Å². The highest BCUT2D eigenvalue weighted by Crippen LogP contribution is 2.52. The zero-order chi connectivity index (χ0) is 18.8. The Labute approximate surface area is 157 Å². The molecular weight excluding hydrogens is 344 g/mol. The van der Waals surface area contributed by atoms with Crippen LogP contribution in [0.5, 0.6) is 0 Å². The number of nitrogens with one attached hydrogen (secondary N) is 1. The number of ether oxygens (including phenoxy) is 1. The van der Waals surface area contributed by atoms with Gasteiger partial charge >= 0.3 is 0 Å². The van der Waals surface area contributed by atoms with Gasteiger partial charge in [-0.3, -0.25) is 9.59 Å². The van der Waals surface area contributed by atoms with Crippen LogP contribution in [0.3, 0.4) is 0 Å². The van der Waals surface area contributed by atoms with Crippen LogP contribution < -0.4 is 5.32 Å². The predicted molar refractivity (Wildman–Crippen MR) is 97.6 cm³/mol. The lowest BCUT2D eigenvalue weighted by molar-refractivity contribution is -0.138. The quantitative estimate of drug-likeness (QED) is 0.824. The van der Waals surface area contributed by atoms with E-state index < -0.39 is 17.4 Å². The van der Waals surface area contributed by atoms with Gasteiger partial charge in [0.1, 0.15) is 11.2 Å². The van der Waals surface area contributed by atoms with Crippen LogP contribution in [0.4, 0.5) is 0 Å². The molecule has 2 amide bonds. The van der Waals surface area contributed by atoms with Gasteiger partial charge in [0, 0.05) is 18.4 Å². The van der Waals surface area contributed by atoms with E-state index >= 15 is 0 Å². The van der Waals surface area contributed by atoms with Gasteiger partial charge in [-0.25, -0.2) is 4.98 Å². The molecule has 5 heterocycles. The average molecular weight is 366 g/mol. The molecule has 0 radical (unpaired) electrons. The van der Waals surface area contributed by atoms with Crippen LogP contribution in [0.25, 0.3) is 5.65 Å². The van der Waals surface area contributed by atoms with E-state index in [0.717, 1.165) is 11.3 Å². The largest absolute Gasteiger partial charge is 0.360 e. The second-order valence-electron chi connectivity index (χ2n) is 7.88. The van der Waals surface area contributed by atoms with E-state index in [-0.39, 0.29) is 24.0 Å². The fraction of sp³-hybridized carbons (Fsp3) is 0.450. The van der Waals surface area contributed by atoms with Gasteiger partial charge in [0.05, 0.1) is 36.7 Å². The van der Waals surface area contributed by atoms with Gasteiger partial charge in [0.15, 0.2) is 0 Å². The molecular formula is C20H22N4O3. The summed E-state index contributed by atoms with van der Waals surface area (Å²) in [6.07, 6.45) is 7.41. The molecule has 2 aromatic rings. The van der Waals surface area contributed by atoms with Crippen molar-refractivity contribution in [1.29, 1.82) is 0 Å². The highest BCUT2D eigenvalue weighted by molar-refractivity contribution is 5.93. The van der Waals surface area contributed by atoms with E-state index in [0.29, 0.717) is 13.1 Å². The molecule has 7 heteroatoms. The lowest BCUT2D eigenvalue weighted by Gasteiger charge is -2.24. The summed E-state index contributed by atoms with van der Waals surface area (Å²) in [5.41, 5.74) is 0.979. The first-order valence-electron chi connectivity index (χ1n) is 9.36. The van der Waals surface area contributed by atoms with E-state index in [1.54, 1.807) is 0 Å². The molecule has 0 saturated carbocycles. The second kappa shape index (κ2) is 5.66. The molecule has 0 aliphatic carbocycles. The van der Waals surface area contributed by atoms with Gasteiger partial charge in [-0.2, -0.15) is 0 Å². The van der Waals surface area contributed by atoms with E-state index in [1.165, 1.54) is 0 Å². The summed E-state index contributed by atoms with van der Waals surface area (Å²) in [5.74, 6) is -1.05. The van der Waals surface area contributed by atoms with Crippen LogP contribution in [-0.4, -0.2) is 50.4 Å². The minimum Gasteiger partial charge on any atom is -0.360 e. The Kier molecular flexibility index (Phi) is 3.46.